The summed E-state index contributed by atoms with van der Waals surface area (Å²) in [5.74, 6) is -0.918. The molecule has 1 fully saturated rings. The van der Waals surface area contributed by atoms with E-state index in [0.29, 0.717) is 19.6 Å². The summed E-state index contributed by atoms with van der Waals surface area (Å²) in [5, 5.41) is 10.6. The van der Waals surface area contributed by atoms with Crippen LogP contribution in [-0.4, -0.2) is 55.0 Å². The van der Waals surface area contributed by atoms with Crippen molar-refractivity contribution >= 4 is 17.4 Å². The third-order valence-corrected chi connectivity index (χ3v) is 5.35. The molecule has 0 aliphatic carbocycles. The second kappa shape index (κ2) is 8.35. The Balaban J connectivity index is 1.97. The van der Waals surface area contributed by atoms with Crippen molar-refractivity contribution in [1.82, 2.24) is 4.90 Å². The second-order valence-corrected chi connectivity index (χ2v) is 8.26. The van der Waals surface area contributed by atoms with Gasteiger partial charge in [0.1, 0.15) is 0 Å². The fourth-order valence-corrected chi connectivity index (χ4v) is 3.92. The molecule has 1 N–H and O–H groups in total. The summed E-state index contributed by atoms with van der Waals surface area (Å²) < 4.78 is 5.71. The van der Waals surface area contributed by atoms with Gasteiger partial charge in [-0.3, -0.25) is 9.59 Å². The summed E-state index contributed by atoms with van der Waals surface area (Å²) in [6.07, 6.45) is 2.09. The molecule has 3 rings (SSSR count). The van der Waals surface area contributed by atoms with Crippen molar-refractivity contribution in [2.45, 2.75) is 45.3 Å². The molecule has 2 heterocycles. The molecule has 1 amide bonds. The highest BCUT2D eigenvalue weighted by molar-refractivity contribution is 6.09. The Morgan fingerprint density at radius 3 is 2.50 bits per heavy atom. The van der Waals surface area contributed by atoms with Crippen LogP contribution in [0, 0.1) is 5.92 Å². The highest BCUT2D eigenvalue weighted by Gasteiger charge is 2.44. The van der Waals surface area contributed by atoms with Gasteiger partial charge in [-0.2, -0.15) is 0 Å². The lowest BCUT2D eigenvalue weighted by Crippen LogP contribution is -2.37. The van der Waals surface area contributed by atoms with Crippen LogP contribution in [0.25, 0.3) is 0 Å². The zero-order valence-electron chi connectivity index (χ0n) is 17.1. The first-order valence-corrected chi connectivity index (χ1v) is 9.95. The number of benzene rings is 1. The monoisotopic (exact) mass is 386 g/mol. The van der Waals surface area contributed by atoms with Gasteiger partial charge in [-0.05, 0) is 36.5 Å². The molecular weight excluding hydrogens is 356 g/mol. The van der Waals surface area contributed by atoms with Crippen molar-refractivity contribution in [3.63, 3.8) is 0 Å². The smallest absolute Gasteiger partial charge is 0.290 e. The Kier molecular flexibility index (Phi) is 6.08. The minimum Gasteiger partial charge on any atom is -0.503 e. The molecule has 6 nitrogen and oxygen atoms in total. The number of anilines is 1. The number of rotatable bonds is 7. The molecule has 0 aromatic heterocycles. The summed E-state index contributed by atoms with van der Waals surface area (Å²) in [6.45, 7) is 4.98. The number of ether oxygens (including phenoxy) is 1. The van der Waals surface area contributed by atoms with E-state index in [4.69, 9.17) is 4.74 Å². The molecule has 0 radical (unpaired) electrons. The van der Waals surface area contributed by atoms with Crippen LogP contribution in [0.1, 0.15) is 44.7 Å². The lowest BCUT2D eigenvalue weighted by Gasteiger charge is -2.29. The van der Waals surface area contributed by atoms with Crippen LogP contribution >= 0.6 is 0 Å². The molecule has 1 saturated heterocycles. The average molecular weight is 386 g/mol. The topological polar surface area (TPSA) is 70.1 Å². The van der Waals surface area contributed by atoms with Crippen LogP contribution in [0.3, 0.4) is 0 Å². The number of Topliss-reactive ketones (excluding diaryl/α,β-unsaturated/α-hetero) is 1. The number of ketones is 1. The fraction of sp³-hybridized carbons (Fsp3) is 0.545. The highest BCUT2D eigenvalue weighted by Crippen LogP contribution is 2.39. The van der Waals surface area contributed by atoms with E-state index >= 15 is 0 Å². The number of hydrogen-bond donors (Lipinski definition) is 1. The first-order valence-electron chi connectivity index (χ1n) is 9.95. The quantitative estimate of drug-likeness (QED) is 0.779. The molecule has 2 unspecified atom stereocenters. The van der Waals surface area contributed by atoms with Gasteiger partial charge in [0.05, 0.1) is 17.7 Å². The summed E-state index contributed by atoms with van der Waals surface area (Å²) in [6, 6.07) is 7.21. The lowest BCUT2D eigenvalue weighted by atomic mass is 9.92. The third-order valence-electron chi connectivity index (χ3n) is 5.35. The highest BCUT2D eigenvalue weighted by atomic mass is 16.5. The SMILES string of the molecule is CC(C)CC(=O)C1=C(O)C(=O)N(CC2CCCO2)C1c1ccc(N(C)C)cc1. The van der Waals surface area contributed by atoms with E-state index < -0.39 is 17.7 Å². The number of carbonyl (C=O) groups excluding carboxylic acids is 2. The van der Waals surface area contributed by atoms with E-state index in [1.807, 2.05) is 57.1 Å². The molecule has 28 heavy (non-hydrogen) atoms. The Morgan fingerprint density at radius 2 is 1.96 bits per heavy atom. The van der Waals surface area contributed by atoms with Crippen LogP contribution < -0.4 is 4.90 Å². The maximum absolute atomic E-state index is 12.9. The fourth-order valence-electron chi connectivity index (χ4n) is 3.92. The summed E-state index contributed by atoms with van der Waals surface area (Å²) in [7, 11) is 3.92. The van der Waals surface area contributed by atoms with E-state index in [9.17, 15) is 14.7 Å². The summed E-state index contributed by atoms with van der Waals surface area (Å²) in [4.78, 5) is 29.4. The van der Waals surface area contributed by atoms with E-state index in [0.717, 1.165) is 24.1 Å². The number of aliphatic hydroxyl groups excluding tert-OH is 1. The molecule has 1 aromatic carbocycles. The predicted molar refractivity (Wildman–Crippen MR) is 108 cm³/mol. The van der Waals surface area contributed by atoms with E-state index in [1.165, 1.54) is 0 Å². The van der Waals surface area contributed by atoms with E-state index in [1.54, 1.807) is 4.90 Å². The van der Waals surface area contributed by atoms with Gasteiger partial charge < -0.3 is 19.6 Å². The van der Waals surface area contributed by atoms with Crippen molar-refractivity contribution in [2.75, 3.05) is 32.1 Å². The van der Waals surface area contributed by atoms with Gasteiger partial charge in [0.2, 0.25) is 0 Å². The van der Waals surface area contributed by atoms with E-state index in [-0.39, 0.29) is 23.4 Å². The standard InChI is InChI=1S/C22H30N2O4/c1-14(2)12-18(25)19-20(15-7-9-16(10-8-15)23(3)4)24(22(27)21(19)26)13-17-6-5-11-28-17/h7-10,14,17,20,26H,5-6,11-13H2,1-4H3. The number of hydrogen-bond acceptors (Lipinski definition) is 5. The van der Waals surface area contributed by atoms with Crippen LogP contribution in [0.5, 0.6) is 0 Å². The first-order chi connectivity index (χ1) is 13.3. The number of nitrogens with zero attached hydrogens (tertiary/aromatic N) is 2. The van der Waals surface area contributed by atoms with Gasteiger partial charge in [-0.25, -0.2) is 0 Å². The molecule has 2 atom stereocenters. The minimum absolute atomic E-state index is 0.0557. The molecule has 152 valence electrons. The zero-order valence-corrected chi connectivity index (χ0v) is 17.1. The second-order valence-electron chi connectivity index (χ2n) is 8.26. The number of amides is 1. The normalized spacial score (nSPS) is 22.5. The maximum atomic E-state index is 12.9. The van der Waals surface area contributed by atoms with Crippen LogP contribution in [0.4, 0.5) is 5.69 Å². The molecule has 6 heteroatoms. The van der Waals surface area contributed by atoms with Crippen LogP contribution in [-0.2, 0) is 14.3 Å². The molecular formula is C22H30N2O4. The third kappa shape index (κ3) is 4.07. The lowest BCUT2D eigenvalue weighted by molar-refractivity contribution is -0.131. The molecule has 0 bridgehead atoms. The van der Waals surface area contributed by atoms with Gasteiger partial charge >= 0.3 is 0 Å². The van der Waals surface area contributed by atoms with Gasteiger partial charge in [0.15, 0.2) is 11.5 Å². The van der Waals surface area contributed by atoms with Crippen molar-refractivity contribution < 1.29 is 19.4 Å². The summed E-state index contributed by atoms with van der Waals surface area (Å²) >= 11 is 0. The Bertz CT molecular complexity index is 761. The predicted octanol–water partition coefficient (Wildman–Crippen LogP) is 3.24. The first kappa shape index (κ1) is 20.4. The van der Waals surface area contributed by atoms with Gasteiger partial charge in [-0.1, -0.05) is 26.0 Å². The molecule has 0 spiro atoms. The van der Waals surface area contributed by atoms with Crippen LogP contribution in [0.15, 0.2) is 35.6 Å². The van der Waals surface area contributed by atoms with Crippen LogP contribution in [0.2, 0.25) is 0 Å². The number of aliphatic hydroxyl groups is 1. The largest absolute Gasteiger partial charge is 0.503 e. The Hall–Kier alpha value is -2.34. The summed E-state index contributed by atoms with van der Waals surface area (Å²) in [5.41, 5.74) is 2.07. The maximum Gasteiger partial charge on any atom is 0.290 e. The molecule has 1 aromatic rings. The average Bonchev–Trinajstić information content (AvgIpc) is 3.23. The van der Waals surface area contributed by atoms with Gasteiger partial charge in [0.25, 0.3) is 5.91 Å². The van der Waals surface area contributed by atoms with Crippen molar-refractivity contribution in [3.05, 3.63) is 41.2 Å². The van der Waals surface area contributed by atoms with Crippen molar-refractivity contribution in [1.29, 1.82) is 0 Å². The zero-order chi connectivity index (χ0) is 20.4. The molecule has 2 aliphatic heterocycles. The van der Waals surface area contributed by atoms with Crippen molar-refractivity contribution in [2.24, 2.45) is 5.92 Å². The molecule has 2 aliphatic rings. The minimum atomic E-state index is -0.570. The van der Waals surface area contributed by atoms with Crippen molar-refractivity contribution in [3.8, 4) is 0 Å². The van der Waals surface area contributed by atoms with Gasteiger partial charge in [-0.15, -0.1) is 0 Å². The van der Waals surface area contributed by atoms with E-state index in [2.05, 4.69) is 0 Å². The van der Waals surface area contributed by atoms with Gasteiger partial charge in [0, 0.05) is 39.4 Å². The molecule has 0 saturated carbocycles. The Morgan fingerprint density at radius 1 is 1.29 bits per heavy atom. The number of carbonyl (C=O) groups is 2. The Labute approximate surface area is 166 Å².